The van der Waals surface area contributed by atoms with Gasteiger partial charge in [0.1, 0.15) is 11.5 Å². The van der Waals surface area contributed by atoms with Crippen molar-refractivity contribution in [2.75, 3.05) is 14.2 Å². The predicted molar refractivity (Wildman–Crippen MR) is 132 cm³/mol. The second kappa shape index (κ2) is 9.70. The van der Waals surface area contributed by atoms with Crippen molar-refractivity contribution in [2.45, 2.75) is 17.5 Å². The van der Waals surface area contributed by atoms with Crippen LogP contribution in [0.5, 0.6) is 11.5 Å². The summed E-state index contributed by atoms with van der Waals surface area (Å²) in [5.74, 6) is 2.48. The molecule has 10 heteroatoms. The Morgan fingerprint density at radius 1 is 1.03 bits per heavy atom. The summed E-state index contributed by atoms with van der Waals surface area (Å²) in [6.07, 6.45) is 0. The lowest BCUT2D eigenvalue weighted by molar-refractivity contribution is 0.390. The van der Waals surface area contributed by atoms with Crippen molar-refractivity contribution in [2.24, 2.45) is 0 Å². The number of nitrogens with zero attached hydrogens (tertiary/aromatic N) is 4. The van der Waals surface area contributed by atoms with Crippen LogP contribution in [-0.4, -0.2) is 33.9 Å². The molecule has 0 aliphatic heterocycles. The number of thiophene rings is 1. The van der Waals surface area contributed by atoms with Gasteiger partial charge in [-0.3, -0.25) is 9.36 Å². The highest BCUT2D eigenvalue weighted by atomic mass is 32.2. The van der Waals surface area contributed by atoms with Crippen LogP contribution in [0.4, 0.5) is 0 Å². The molecule has 8 nitrogen and oxygen atoms in total. The fraction of sp³-hybridized carbons (Fsp3) is 0.167. The molecule has 0 radical (unpaired) electrons. The molecule has 5 aromatic rings. The van der Waals surface area contributed by atoms with Gasteiger partial charge in [-0.05, 0) is 35.7 Å². The molecule has 0 fully saturated rings. The third-order valence-electron chi connectivity index (χ3n) is 5.12. The van der Waals surface area contributed by atoms with Gasteiger partial charge in [0.15, 0.2) is 5.16 Å². The van der Waals surface area contributed by atoms with Crippen LogP contribution in [-0.2, 0) is 12.3 Å². The molecule has 0 atom stereocenters. The van der Waals surface area contributed by atoms with Crippen molar-refractivity contribution in [3.8, 4) is 22.9 Å². The van der Waals surface area contributed by atoms with Gasteiger partial charge >= 0.3 is 0 Å². The van der Waals surface area contributed by atoms with Crippen LogP contribution >= 0.6 is 23.1 Å². The van der Waals surface area contributed by atoms with Crippen molar-refractivity contribution >= 4 is 34.0 Å². The van der Waals surface area contributed by atoms with Crippen molar-refractivity contribution < 1.29 is 14.0 Å². The fourth-order valence-electron chi connectivity index (χ4n) is 3.45. The Labute approximate surface area is 203 Å². The first kappa shape index (κ1) is 22.2. The van der Waals surface area contributed by atoms with E-state index in [2.05, 4.69) is 10.1 Å². The smallest absolute Gasteiger partial charge is 0.262 e. The van der Waals surface area contributed by atoms with E-state index >= 15 is 0 Å². The highest BCUT2D eigenvalue weighted by Gasteiger charge is 2.16. The number of hydrogen-bond donors (Lipinski definition) is 0. The second-order valence-electron chi connectivity index (χ2n) is 7.28. The lowest BCUT2D eigenvalue weighted by atomic mass is 10.2. The van der Waals surface area contributed by atoms with Crippen LogP contribution < -0.4 is 15.0 Å². The maximum atomic E-state index is 13.2. The van der Waals surface area contributed by atoms with Crippen molar-refractivity contribution in [1.82, 2.24) is 19.7 Å². The predicted octanol–water partition coefficient (Wildman–Crippen LogP) is 4.87. The zero-order valence-electron chi connectivity index (χ0n) is 18.4. The van der Waals surface area contributed by atoms with Gasteiger partial charge in [0, 0.05) is 16.5 Å². The molecule has 2 aromatic carbocycles. The largest absolute Gasteiger partial charge is 0.497 e. The third-order valence-corrected chi connectivity index (χ3v) is 6.95. The van der Waals surface area contributed by atoms with Crippen molar-refractivity contribution in [3.05, 3.63) is 81.1 Å². The normalized spacial score (nSPS) is 11.1. The molecule has 0 saturated carbocycles. The number of para-hydroxylation sites is 1. The summed E-state index contributed by atoms with van der Waals surface area (Å²) in [6, 6.07) is 16.8. The van der Waals surface area contributed by atoms with E-state index in [0.717, 1.165) is 10.4 Å². The number of fused-ring (bicyclic) bond motifs is 1. The third kappa shape index (κ3) is 4.55. The zero-order valence-corrected chi connectivity index (χ0v) is 20.1. The first-order chi connectivity index (χ1) is 16.6. The summed E-state index contributed by atoms with van der Waals surface area (Å²) < 4.78 is 17.8. The zero-order chi connectivity index (χ0) is 23.5. The molecule has 3 aromatic heterocycles. The molecule has 172 valence electrons. The van der Waals surface area contributed by atoms with Crippen LogP contribution in [0.15, 0.2) is 74.5 Å². The Bertz CT molecular complexity index is 1470. The molecule has 0 aliphatic carbocycles. The monoisotopic (exact) mass is 492 g/mol. The molecule has 5 rings (SSSR count). The lowest BCUT2D eigenvalue weighted by Gasteiger charge is -2.11. The first-order valence-corrected chi connectivity index (χ1v) is 12.2. The van der Waals surface area contributed by atoms with Crippen LogP contribution in [0, 0.1) is 0 Å². The molecule has 0 amide bonds. The van der Waals surface area contributed by atoms with Crippen LogP contribution in [0.25, 0.3) is 22.3 Å². The van der Waals surface area contributed by atoms with Gasteiger partial charge in [0.25, 0.3) is 5.56 Å². The number of rotatable bonds is 8. The molecule has 3 heterocycles. The average molecular weight is 493 g/mol. The minimum Gasteiger partial charge on any atom is -0.497 e. The Kier molecular flexibility index (Phi) is 6.33. The number of methoxy groups -OCH3 is 2. The molecular weight excluding hydrogens is 472 g/mol. The van der Waals surface area contributed by atoms with E-state index in [1.54, 1.807) is 42.3 Å². The maximum absolute atomic E-state index is 13.2. The van der Waals surface area contributed by atoms with Gasteiger partial charge in [-0.1, -0.05) is 35.1 Å². The van der Waals surface area contributed by atoms with E-state index in [4.69, 9.17) is 19.0 Å². The lowest BCUT2D eigenvalue weighted by Crippen LogP contribution is -2.23. The summed E-state index contributed by atoms with van der Waals surface area (Å²) in [6.45, 7) is 0.454. The minimum atomic E-state index is -0.0730. The van der Waals surface area contributed by atoms with Gasteiger partial charge in [-0.25, -0.2) is 4.98 Å². The van der Waals surface area contributed by atoms with E-state index in [1.165, 1.54) is 11.8 Å². The Morgan fingerprint density at radius 3 is 2.56 bits per heavy atom. The van der Waals surface area contributed by atoms with E-state index in [-0.39, 0.29) is 5.56 Å². The van der Waals surface area contributed by atoms with E-state index in [9.17, 15) is 4.79 Å². The minimum absolute atomic E-state index is 0.0730. The highest BCUT2D eigenvalue weighted by molar-refractivity contribution is 7.98. The molecule has 34 heavy (non-hydrogen) atoms. The summed E-state index contributed by atoms with van der Waals surface area (Å²) in [7, 11) is 3.17. The quantitative estimate of drug-likeness (QED) is 0.224. The summed E-state index contributed by atoms with van der Waals surface area (Å²) in [5.41, 5.74) is 1.30. The molecular formula is C24H20N4O4S2. The molecule has 0 saturated heterocycles. The van der Waals surface area contributed by atoms with Gasteiger partial charge in [0.05, 0.1) is 37.4 Å². The number of hydrogen-bond acceptors (Lipinski definition) is 9. The van der Waals surface area contributed by atoms with E-state index < -0.39 is 0 Å². The van der Waals surface area contributed by atoms with Crippen molar-refractivity contribution in [1.29, 1.82) is 0 Å². The van der Waals surface area contributed by atoms with Crippen LogP contribution in [0.3, 0.4) is 0 Å². The van der Waals surface area contributed by atoms with Gasteiger partial charge in [-0.15, -0.1) is 11.3 Å². The SMILES string of the molecule is COc1cc(OC)cc(-c2noc(CSc3nc4ccccc4c(=O)n3Cc3cccs3)n2)c1. The van der Waals surface area contributed by atoms with Crippen molar-refractivity contribution in [3.63, 3.8) is 0 Å². The standard InChI is InChI=1S/C24H20N4O4S2/c1-30-16-10-15(11-17(12-16)31-2)22-26-21(32-27-22)14-34-24-25-20-8-4-3-7-19(20)23(29)28(24)13-18-6-5-9-33-18/h3-12H,13-14H2,1-2H3. The summed E-state index contributed by atoms with van der Waals surface area (Å²) in [4.78, 5) is 23.6. The summed E-state index contributed by atoms with van der Waals surface area (Å²) in [5, 5.41) is 7.29. The van der Waals surface area contributed by atoms with Crippen LogP contribution in [0.2, 0.25) is 0 Å². The second-order valence-corrected chi connectivity index (χ2v) is 9.26. The van der Waals surface area contributed by atoms with Gasteiger partial charge < -0.3 is 14.0 Å². The maximum Gasteiger partial charge on any atom is 0.262 e. The Balaban J connectivity index is 1.44. The Hall–Kier alpha value is -3.63. The average Bonchev–Trinajstić information content (AvgIpc) is 3.57. The molecule has 0 spiro atoms. The first-order valence-electron chi connectivity index (χ1n) is 10.4. The molecule has 0 N–H and O–H groups in total. The number of aromatic nitrogens is 4. The van der Waals surface area contributed by atoms with Gasteiger partial charge in [-0.2, -0.15) is 4.98 Å². The van der Waals surface area contributed by atoms with Crippen LogP contribution in [0.1, 0.15) is 10.8 Å². The molecule has 0 aliphatic rings. The van der Waals surface area contributed by atoms with E-state index in [1.807, 2.05) is 47.8 Å². The summed E-state index contributed by atoms with van der Waals surface area (Å²) >= 11 is 2.99. The Morgan fingerprint density at radius 2 is 1.82 bits per heavy atom. The fourth-order valence-corrected chi connectivity index (χ4v) is 4.98. The number of thioether (sulfide) groups is 1. The molecule has 0 unspecified atom stereocenters. The topological polar surface area (TPSA) is 92.3 Å². The van der Waals surface area contributed by atoms with E-state index in [0.29, 0.717) is 51.6 Å². The highest BCUT2D eigenvalue weighted by Crippen LogP contribution is 2.29. The van der Waals surface area contributed by atoms with Gasteiger partial charge in [0.2, 0.25) is 11.7 Å². The number of benzene rings is 2. The molecule has 0 bridgehead atoms. The number of ether oxygens (including phenoxy) is 2.